The first-order valence-corrected chi connectivity index (χ1v) is 4.25. The first-order chi connectivity index (χ1) is 7.26. The van der Waals surface area contributed by atoms with E-state index in [0.29, 0.717) is 16.6 Å². The van der Waals surface area contributed by atoms with E-state index in [1.165, 1.54) is 0 Å². The van der Waals surface area contributed by atoms with Crippen molar-refractivity contribution in [3.63, 3.8) is 0 Å². The van der Waals surface area contributed by atoms with Crippen LogP contribution in [0.15, 0.2) is 24.3 Å². The Balaban J connectivity index is 2.90. The second-order valence-electron chi connectivity index (χ2n) is 3.02. The number of anilines is 1. The number of nitrogen functional groups attached to an aromatic ring is 1. The molecule has 2 aromatic rings. The van der Waals surface area contributed by atoms with E-state index in [2.05, 4.69) is 4.98 Å². The molecule has 0 unspecified atom stereocenters. The number of aromatic nitrogens is 1. The third-order valence-electron chi connectivity index (χ3n) is 2.12. The van der Waals surface area contributed by atoms with E-state index < -0.39 is 0 Å². The van der Waals surface area contributed by atoms with Crippen LogP contribution in [0.3, 0.4) is 0 Å². The highest BCUT2D eigenvalue weighted by Crippen LogP contribution is 2.20. The molecule has 4 nitrogen and oxygen atoms in total. The van der Waals surface area contributed by atoms with Crippen LogP contribution in [0, 0.1) is 22.7 Å². The number of rotatable bonds is 0. The maximum absolute atomic E-state index is 8.86. The Morgan fingerprint density at radius 3 is 2.53 bits per heavy atom. The van der Waals surface area contributed by atoms with Crippen LogP contribution in [0.4, 0.5) is 5.82 Å². The lowest BCUT2D eigenvalue weighted by atomic mass is 10.1. The first kappa shape index (κ1) is 8.98. The average molecular weight is 194 g/mol. The summed E-state index contributed by atoms with van der Waals surface area (Å²) in [6, 6.07) is 10.8. The number of fused-ring (bicyclic) bond motifs is 1. The summed E-state index contributed by atoms with van der Waals surface area (Å²) in [6.45, 7) is 0. The van der Waals surface area contributed by atoms with Crippen LogP contribution in [0.2, 0.25) is 0 Å². The summed E-state index contributed by atoms with van der Waals surface area (Å²) in [6.07, 6.45) is 0. The third kappa shape index (κ3) is 1.34. The number of nitrogens with zero attached hydrogens (tertiary/aromatic N) is 3. The van der Waals surface area contributed by atoms with Gasteiger partial charge in [-0.05, 0) is 12.1 Å². The Morgan fingerprint density at radius 2 is 1.87 bits per heavy atom. The molecule has 0 amide bonds. The Hall–Kier alpha value is -2.59. The van der Waals surface area contributed by atoms with Gasteiger partial charge in [0.05, 0.1) is 16.6 Å². The summed E-state index contributed by atoms with van der Waals surface area (Å²) in [5.74, 6) is 0.160. The Labute approximate surface area is 86.2 Å². The number of pyridine rings is 1. The molecule has 4 heteroatoms. The fourth-order valence-electron chi connectivity index (χ4n) is 1.39. The number of nitrogens with two attached hydrogens (primary N) is 1. The van der Waals surface area contributed by atoms with Crippen molar-refractivity contribution < 1.29 is 0 Å². The van der Waals surface area contributed by atoms with Gasteiger partial charge in [0.15, 0.2) is 0 Å². The topological polar surface area (TPSA) is 86.5 Å². The van der Waals surface area contributed by atoms with Crippen LogP contribution in [-0.2, 0) is 0 Å². The Kier molecular flexibility index (Phi) is 1.97. The van der Waals surface area contributed by atoms with Gasteiger partial charge >= 0.3 is 0 Å². The van der Waals surface area contributed by atoms with Crippen LogP contribution < -0.4 is 5.73 Å². The van der Waals surface area contributed by atoms with E-state index in [4.69, 9.17) is 16.3 Å². The highest BCUT2D eigenvalue weighted by molar-refractivity contribution is 5.87. The molecular formula is C11H6N4. The number of benzene rings is 1. The fraction of sp³-hybridized carbons (Fsp3) is 0. The van der Waals surface area contributed by atoms with Crippen molar-refractivity contribution in [3.8, 4) is 12.1 Å². The molecule has 0 spiro atoms. The van der Waals surface area contributed by atoms with Gasteiger partial charge in [-0.1, -0.05) is 12.1 Å². The van der Waals surface area contributed by atoms with E-state index >= 15 is 0 Å². The number of hydrogen-bond acceptors (Lipinski definition) is 4. The van der Waals surface area contributed by atoms with Crippen molar-refractivity contribution in [2.75, 3.05) is 5.73 Å². The summed E-state index contributed by atoms with van der Waals surface area (Å²) >= 11 is 0. The van der Waals surface area contributed by atoms with Crippen molar-refractivity contribution in [3.05, 3.63) is 35.4 Å². The van der Waals surface area contributed by atoms with Crippen molar-refractivity contribution >= 4 is 16.7 Å². The monoisotopic (exact) mass is 194 g/mol. The zero-order chi connectivity index (χ0) is 10.8. The Bertz CT molecular complexity index is 617. The summed E-state index contributed by atoms with van der Waals surface area (Å²) in [5, 5.41) is 18.4. The molecular weight excluding hydrogens is 188 g/mol. The maximum atomic E-state index is 8.86. The van der Waals surface area contributed by atoms with Gasteiger partial charge in [-0.25, -0.2) is 4.98 Å². The summed E-state index contributed by atoms with van der Waals surface area (Å²) < 4.78 is 0. The van der Waals surface area contributed by atoms with Gasteiger partial charge in [-0.2, -0.15) is 10.5 Å². The van der Waals surface area contributed by atoms with Gasteiger partial charge in [-0.15, -0.1) is 0 Å². The number of hydrogen-bond donors (Lipinski definition) is 1. The van der Waals surface area contributed by atoms with Crippen LogP contribution >= 0.6 is 0 Å². The minimum atomic E-state index is 0.160. The molecule has 0 bridgehead atoms. The molecule has 0 aliphatic carbocycles. The normalized spacial score (nSPS) is 9.47. The molecule has 0 radical (unpaired) electrons. The van der Waals surface area contributed by atoms with Crippen LogP contribution in [0.25, 0.3) is 10.9 Å². The highest BCUT2D eigenvalue weighted by Gasteiger charge is 2.06. The number of nitriles is 2. The van der Waals surface area contributed by atoms with Gasteiger partial charge in [0, 0.05) is 5.39 Å². The molecule has 1 heterocycles. The minimum absolute atomic E-state index is 0.160. The van der Waals surface area contributed by atoms with Gasteiger partial charge in [0.1, 0.15) is 18.0 Å². The Morgan fingerprint density at radius 1 is 1.13 bits per heavy atom. The zero-order valence-electron chi connectivity index (χ0n) is 7.73. The van der Waals surface area contributed by atoms with Crippen molar-refractivity contribution in [1.29, 1.82) is 10.5 Å². The third-order valence-corrected chi connectivity index (χ3v) is 2.12. The molecule has 0 aliphatic rings. The van der Waals surface area contributed by atoms with Crippen molar-refractivity contribution in [1.82, 2.24) is 4.98 Å². The van der Waals surface area contributed by atoms with E-state index in [9.17, 15) is 0 Å². The van der Waals surface area contributed by atoms with Gasteiger partial charge in [-0.3, -0.25) is 0 Å². The predicted octanol–water partition coefficient (Wildman–Crippen LogP) is 1.56. The SMILES string of the molecule is N#Cc1cc2cccc(C#N)c2nc1N. The highest BCUT2D eigenvalue weighted by atomic mass is 14.8. The first-order valence-electron chi connectivity index (χ1n) is 4.25. The molecule has 0 saturated heterocycles. The molecule has 0 aliphatic heterocycles. The fourth-order valence-corrected chi connectivity index (χ4v) is 1.39. The van der Waals surface area contributed by atoms with Gasteiger partial charge in [0.25, 0.3) is 0 Å². The molecule has 1 aromatic heterocycles. The molecule has 2 N–H and O–H groups in total. The van der Waals surface area contributed by atoms with Gasteiger partial charge in [0.2, 0.25) is 0 Å². The van der Waals surface area contributed by atoms with Crippen LogP contribution in [0.5, 0.6) is 0 Å². The summed E-state index contributed by atoms with van der Waals surface area (Å²) in [7, 11) is 0. The molecule has 0 saturated carbocycles. The minimum Gasteiger partial charge on any atom is -0.383 e. The van der Waals surface area contributed by atoms with E-state index in [0.717, 1.165) is 5.39 Å². The average Bonchev–Trinajstić information content (AvgIpc) is 2.27. The summed E-state index contributed by atoms with van der Waals surface area (Å²) in [5.41, 5.74) is 6.91. The lowest BCUT2D eigenvalue weighted by Crippen LogP contribution is -1.96. The largest absolute Gasteiger partial charge is 0.383 e. The standard InChI is InChI=1S/C11H6N4/c12-5-8-3-1-2-7-4-9(6-13)11(14)15-10(7)8/h1-4H,(H2,14,15). The smallest absolute Gasteiger partial charge is 0.142 e. The number of para-hydroxylation sites is 1. The van der Waals surface area contributed by atoms with E-state index in [1.807, 2.05) is 12.1 Å². The quantitative estimate of drug-likeness (QED) is 0.689. The molecule has 1 aromatic carbocycles. The van der Waals surface area contributed by atoms with Crippen LogP contribution in [-0.4, -0.2) is 4.98 Å². The van der Waals surface area contributed by atoms with E-state index in [-0.39, 0.29) is 5.82 Å². The molecule has 0 atom stereocenters. The molecule has 2 rings (SSSR count). The van der Waals surface area contributed by atoms with Crippen molar-refractivity contribution in [2.45, 2.75) is 0 Å². The predicted molar refractivity (Wildman–Crippen MR) is 55.6 cm³/mol. The second kappa shape index (κ2) is 3.28. The van der Waals surface area contributed by atoms with Gasteiger partial charge < -0.3 is 5.73 Å². The molecule has 0 fully saturated rings. The molecule has 70 valence electrons. The van der Waals surface area contributed by atoms with E-state index in [1.54, 1.807) is 24.3 Å². The molecule has 15 heavy (non-hydrogen) atoms. The van der Waals surface area contributed by atoms with Crippen LogP contribution in [0.1, 0.15) is 11.1 Å². The summed E-state index contributed by atoms with van der Waals surface area (Å²) in [4.78, 5) is 4.05. The zero-order valence-corrected chi connectivity index (χ0v) is 7.73. The lowest BCUT2D eigenvalue weighted by molar-refractivity contribution is 1.36. The second-order valence-corrected chi connectivity index (χ2v) is 3.02. The lowest BCUT2D eigenvalue weighted by Gasteiger charge is -2.01. The van der Waals surface area contributed by atoms with Crippen molar-refractivity contribution in [2.24, 2.45) is 0 Å². The maximum Gasteiger partial charge on any atom is 0.142 e.